The molecule has 0 aromatic carbocycles. The summed E-state index contributed by atoms with van der Waals surface area (Å²) in [5.41, 5.74) is 0. The molecule has 0 aliphatic carbocycles. The van der Waals surface area contributed by atoms with Crippen LogP contribution in [0.5, 0.6) is 0 Å². The predicted octanol–water partition coefficient (Wildman–Crippen LogP) is 23.8. The first-order valence-electron chi connectivity index (χ1n) is 34.4. The molecule has 6 heteroatoms. The minimum atomic E-state index is -0.795. The molecule has 0 bridgehead atoms. The highest BCUT2D eigenvalue weighted by molar-refractivity contribution is 5.71. The van der Waals surface area contributed by atoms with Gasteiger partial charge in [-0.15, -0.1) is 0 Å². The summed E-state index contributed by atoms with van der Waals surface area (Å²) >= 11 is 0. The van der Waals surface area contributed by atoms with Crippen molar-refractivity contribution < 1.29 is 28.6 Å². The Hall–Kier alpha value is -3.93. The monoisotopic (exact) mass is 1120 g/mol. The fraction of sp³-hybridized carbons (Fsp3) is 0.720. The molecule has 0 aliphatic heterocycles. The van der Waals surface area contributed by atoms with E-state index in [1.165, 1.54) is 167 Å². The minimum Gasteiger partial charge on any atom is -0.462 e. The van der Waals surface area contributed by atoms with Crippen LogP contribution >= 0.6 is 0 Å². The first kappa shape index (κ1) is 77.1. The first-order chi connectivity index (χ1) is 40.0. The molecular formula is C75H128O6. The van der Waals surface area contributed by atoms with E-state index < -0.39 is 6.10 Å². The van der Waals surface area contributed by atoms with Crippen molar-refractivity contribution in [1.29, 1.82) is 0 Å². The SMILES string of the molecule is CC/C=C\C/C=C\C/C=C\C/C=C\C/C=C\CCCCCCCCCC(=O)OCC(COC(=O)CCCCCCCCCCC/C=C\CCCCCCCC)OC(=O)CCCCCCCC/C=C\C/C=C\C/C=C\CCCCCCC. The predicted molar refractivity (Wildman–Crippen MR) is 353 cm³/mol. The van der Waals surface area contributed by atoms with Crippen LogP contribution in [0.25, 0.3) is 0 Å². The molecule has 1 atom stereocenters. The van der Waals surface area contributed by atoms with Gasteiger partial charge in [0.25, 0.3) is 0 Å². The third-order valence-corrected chi connectivity index (χ3v) is 14.7. The van der Waals surface area contributed by atoms with Crippen LogP contribution < -0.4 is 0 Å². The zero-order valence-corrected chi connectivity index (χ0v) is 53.3. The average molecular weight is 1130 g/mol. The van der Waals surface area contributed by atoms with E-state index in [1.807, 2.05) is 0 Å². The van der Waals surface area contributed by atoms with Crippen LogP contribution in [0.15, 0.2) is 109 Å². The summed E-state index contributed by atoms with van der Waals surface area (Å²) in [6, 6.07) is 0. The van der Waals surface area contributed by atoms with E-state index >= 15 is 0 Å². The molecule has 0 amide bonds. The third kappa shape index (κ3) is 66.8. The second kappa shape index (κ2) is 68.6. The zero-order valence-electron chi connectivity index (χ0n) is 53.3. The lowest BCUT2D eigenvalue weighted by molar-refractivity contribution is -0.167. The van der Waals surface area contributed by atoms with Crippen molar-refractivity contribution in [2.75, 3.05) is 13.2 Å². The largest absolute Gasteiger partial charge is 0.462 e. The van der Waals surface area contributed by atoms with Gasteiger partial charge in [-0.25, -0.2) is 0 Å². The lowest BCUT2D eigenvalue weighted by Crippen LogP contribution is -2.30. The van der Waals surface area contributed by atoms with E-state index in [0.717, 1.165) is 122 Å². The van der Waals surface area contributed by atoms with Gasteiger partial charge in [-0.2, -0.15) is 0 Å². The molecule has 464 valence electrons. The van der Waals surface area contributed by atoms with E-state index in [0.29, 0.717) is 19.3 Å². The van der Waals surface area contributed by atoms with Crippen molar-refractivity contribution in [2.24, 2.45) is 0 Å². The van der Waals surface area contributed by atoms with Gasteiger partial charge in [0.1, 0.15) is 13.2 Å². The van der Waals surface area contributed by atoms with Crippen molar-refractivity contribution >= 4 is 17.9 Å². The Kier molecular flexibility index (Phi) is 65.2. The molecular weight excluding hydrogens is 997 g/mol. The molecule has 0 saturated heterocycles. The van der Waals surface area contributed by atoms with Crippen molar-refractivity contribution in [3.05, 3.63) is 109 Å². The maximum atomic E-state index is 13.0. The second-order valence-electron chi connectivity index (χ2n) is 22.7. The van der Waals surface area contributed by atoms with Crippen LogP contribution in [0.2, 0.25) is 0 Å². The number of esters is 3. The maximum Gasteiger partial charge on any atom is 0.306 e. The lowest BCUT2D eigenvalue weighted by Gasteiger charge is -2.18. The van der Waals surface area contributed by atoms with Gasteiger partial charge in [0.05, 0.1) is 0 Å². The van der Waals surface area contributed by atoms with E-state index in [-0.39, 0.29) is 31.1 Å². The van der Waals surface area contributed by atoms with Gasteiger partial charge >= 0.3 is 17.9 Å². The van der Waals surface area contributed by atoms with Gasteiger partial charge in [0.2, 0.25) is 0 Å². The zero-order chi connectivity index (χ0) is 58.5. The Bertz CT molecular complexity index is 1620. The minimum absolute atomic E-state index is 0.0881. The third-order valence-electron chi connectivity index (χ3n) is 14.7. The summed E-state index contributed by atoms with van der Waals surface area (Å²) in [5, 5.41) is 0. The molecule has 0 aromatic rings. The number of unbranched alkanes of at least 4 members (excludes halogenated alkanes) is 33. The molecule has 0 fully saturated rings. The van der Waals surface area contributed by atoms with Crippen LogP contribution in [-0.4, -0.2) is 37.2 Å². The first-order valence-corrected chi connectivity index (χ1v) is 34.4. The molecule has 0 rings (SSSR count). The average Bonchev–Trinajstić information content (AvgIpc) is 3.47. The van der Waals surface area contributed by atoms with Crippen molar-refractivity contribution in [1.82, 2.24) is 0 Å². The maximum absolute atomic E-state index is 13.0. The summed E-state index contributed by atoms with van der Waals surface area (Å²) in [6.45, 7) is 6.52. The normalized spacial score (nSPS) is 12.8. The fourth-order valence-corrected chi connectivity index (χ4v) is 9.59. The molecule has 0 spiro atoms. The quantitative estimate of drug-likeness (QED) is 0.0261. The van der Waals surface area contributed by atoms with Crippen LogP contribution in [-0.2, 0) is 28.6 Å². The summed E-state index contributed by atoms with van der Waals surface area (Å²) < 4.78 is 17.0. The highest BCUT2D eigenvalue weighted by Crippen LogP contribution is 2.16. The summed E-state index contributed by atoms with van der Waals surface area (Å²) in [4.78, 5) is 38.5. The van der Waals surface area contributed by atoms with Gasteiger partial charge in [0.15, 0.2) is 6.10 Å². The molecule has 81 heavy (non-hydrogen) atoms. The summed E-state index contributed by atoms with van der Waals surface area (Å²) in [6.07, 6.45) is 93.8. The van der Waals surface area contributed by atoms with Gasteiger partial charge < -0.3 is 14.2 Å². The Morgan fingerprint density at radius 3 is 0.765 bits per heavy atom. The number of rotatable bonds is 62. The van der Waals surface area contributed by atoms with Gasteiger partial charge in [-0.3, -0.25) is 14.4 Å². The van der Waals surface area contributed by atoms with Crippen molar-refractivity contribution in [3.8, 4) is 0 Å². The molecule has 0 radical (unpaired) electrons. The molecule has 0 saturated carbocycles. The van der Waals surface area contributed by atoms with E-state index in [4.69, 9.17) is 14.2 Å². The Morgan fingerprint density at radius 2 is 0.481 bits per heavy atom. The lowest BCUT2D eigenvalue weighted by atomic mass is 10.1. The van der Waals surface area contributed by atoms with Gasteiger partial charge in [0, 0.05) is 19.3 Å². The Balaban J connectivity index is 4.44. The van der Waals surface area contributed by atoms with E-state index in [9.17, 15) is 14.4 Å². The van der Waals surface area contributed by atoms with Crippen molar-refractivity contribution in [2.45, 2.75) is 335 Å². The highest BCUT2D eigenvalue weighted by Gasteiger charge is 2.19. The van der Waals surface area contributed by atoms with Crippen LogP contribution in [0.1, 0.15) is 329 Å². The Labute approximate surface area is 501 Å². The van der Waals surface area contributed by atoms with Crippen LogP contribution in [0.4, 0.5) is 0 Å². The van der Waals surface area contributed by atoms with E-state index in [1.54, 1.807) is 0 Å². The van der Waals surface area contributed by atoms with E-state index in [2.05, 4.69) is 130 Å². The number of carbonyl (C=O) groups is 3. The summed E-state index contributed by atoms with van der Waals surface area (Å²) in [7, 11) is 0. The number of hydrogen-bond acceptors (Lipinski definition) is 6. The van der Waals surface area contributed by atoms with Gasteiger partial charge in [-0.05, 0) is 128 Å². The molecule has 0 aromatic heterocycles. The molecule has 0 N–H and O–H groups in total. The smallest absolute Gasteiger partial charge is 0.306 e. The highest BCUT2D eigenvalue weighted by atomic mass is 16.6. The fourth-order valence-electron chi connectivity index (χ4n) is 9.59. The summed E-state index contributed by atoms with van der Waals surface area (Å²) in [5.74, 6) is -0.902. The standard InChI is InChI=1S/C75H128O6/c1-4-7-10-13-16-19-22-25-28-31-34-36-37-39-41-44-47-50-53-56-59-62-65-68-74(77)80-71-72(70-79-73(76)67-64-61-58-55-52-49-46-43-40-33-30-27-24-21-18-15-12-9-6-3)81-75(78)69-66-63-60-57-54-51-48-45-42-38-35-32-29-26-23-20-17-14-11-8-5-2/h7,10,16,19,23,25-28,30,32,34-36,39,41-42,45,72H,4-6,8-9,11-15,17-18,20-22,24,29,31,33,37-38,40,43-44,46-71H2,1-3H3/b10-7-,19-16-,26-23-,28-25-,30-27-,35-32-,36-34-,41-39-,45-42-. The second-order valence-corrected chi connectivity index (χ2v) is 22.7. The topological polar surface area (TPSA) is 78.9 Å². The van der Waals surface area contributed by atoms with Crippen LogP contribution in [0.3, 0.4) is 0 Å². The number of carbonyl (C=O) groups excluding carboxylic acids is 3. The number of ether oxygens (including phenoxy) is 3. The van der Waals surface area contributed by atoms with Crippen molar-refractivity contribution in [3.63, 3.8) is 0 Å². The number of allylic oxidation sites excluding steroid dienone is 18. The number of hydrogen-bond donors (Lipinski definition) is 0. The molecule has 6 nitrogen and oxygen atoms in total. The van der Waals surface area contributed by atoms with Gasteiger partial charge in [-0.1, -0.05) is 291 Å². The molecule has 0 aliphatic rings. The Morgan fingerprint density at radius 1 is 0.259 bits per heavy atom. The molecule has 0 heterocycles. The molecule has 1 unspecified atom stereocenters. The van der Waals surface area contributed by atoms with Crippen LogP contribution in [0, 0.1) is 0 Å².